The fourth-order valence-corrected chi connectivity index (χ4v) is 4.01. The Bertz CT molecular complexity index is 1290. The van der Waals surface area contributed by atoms with Crippen molar-refractivity contribution in [3.63, 3.8) is 0 Å². The zero-order valence-corrected chi connectivity index (χ0v) is 20.0. The maximum atomic E-state index is 5.63. The fourth-order valence-electron chi connectivity index (χ4n) is 4.01. The zero-order valence-electron chi connectivity index (χ0n) is 20.0. The highest BCUT2D eigenvalue weighted by Gasteiger charge is 2.21. The number of H-pyrrole nitrogens is 1. The van der Waals surface area contributed by atoms with E-state index in [1.54, 1.807) is 0 Å². The van der Waals surface area contributed by atoms with Crippen molar-refractivity contribution in [2.24, 2.45) is 0 Å². The number of imidazole rings is 1. The summed E-state index contributed by atoms with van der Waals surface area (Å²) in [5.74, 6) is 3.60. The molecule has 0 spiro atoms. The van der Waals surface area contributed by atoms with Gasteiger partial charge < -0.3 is 24.4 Å². The number of nitrogens with two attached hydrogens (primary N) is 1. The number of aromatic nitrogens is 4. The lowest BCUT2D eigenvalue weighted by molar-refractivity contribution is -0.486. The minimum absolute atomic E-state index is 0.476. The molecule has 5 rings (SSSR count). The molecule has 0 unspecified atom stereocenters. The number of nitrogens with zero attached hydrogens (tertiary/aromatic N) is 4. The highest BCUT2D eigenvalue weighted by atomic mass is 16.5. The number of anilines is 3. The molecule has 0 amide bonds. The molecule has 0 saturated carbocycles. The van der Waals surface area contributed by atoms with Gasteiger partial charge in [0.1, 0.15) is 22.7 Å². The lowest BCUT2D eigenvalue weighted by Gasteiger charge is -2.28. The quantitative estimate of drug-likeness (QED) is 0.316. The summed E-state index contributed by atoms with van der Waals surface area (Å²) in [4.78, 5) is 19.9. The van der Waals surface area contributed by atoms with Gasteiger partial charge >= 0.3 is 5.95 Å². The zero-order chi connectivity index (χ0) is 24.0. The first-order chi connectivity index (χ1) is 17.2. The maximum Gasteiger partial charge on any atom is 0.310 e. The number of rotatable bonds is 9. The molecule has 2 aromatic heterocycles. The Morgan fingerprint density at radius 1 is 0.971 bits per heavy atom. The summed E-state index contributed by atoms with van der Waals surface area (Å²) in [6.45, 7) is 7.97. The van der Waals surface area contributed by atoms with E-state index in [-0.39, 0.29) is 0 Å². The molecule has 2 aromatic carbocycles. The van der Waals surface area contributed by atoms with Gasteiger partial charge in [-0.3, -0.25) is 4.98 Å². The van der Waals surface area contributed by atoms with Gasteiger partial charge in [-0.15, -0.1) is 0 Å². The summed E-state index contributed by atoms with van der Waals surface area (Å²) in [5.41, 5.74) is 3.23. The van der Waals surface area contributed by atoms with E-state index in [1.807, 2.05) is 67.7 Å². The van der Waals surface area contributed by atoms with Gasteiger partial charge in [0.25, 0.3) is 0 Å². The molecule has 35 heavy (non-hydrogen) atoms. The SMILES string of the molecule is CCOc1cccc(Nc2nc(N3CCOCC3)c3[nH]c([NH2+]c4cccc(OCC)c4)nc3n2)c1. The first-order valence-electron chi connectivity index (χ1n) is 11.9. The summed E-state index contributed by atoms with van der Waals surface area (Å²) < 4.78 is 16.8. The number of nitrogens with one attached hydrogen (secondary N) is 2. The molecule has 10 nitrogen and oxygen atoms in total. The molecule has 4 N–H and O–H groups in total. The number of quaternary nitrogens is 1. The molecular weight excluding hydrogens is 446 g/mol. The van der Waals surface area contributed by atoms with Crippen LogP contribution < -0.4 is 25.0 Å². The van der Waals surface area contributed by atoms with Crippen LogP contribution in [0.15, 0.2) is 48.5 Å². The van der Waals surface area contributed by atoms with Crippen LogP contribution >= 0.6 is 0 Å². The van der Waals surface area contributed by atoms with Crippen molar-refractivity contribution in [3.8, 4) is 11.5 Å². The fraction of sp³-hybridized carbons (Fsp3) is 0.320. The Morgan fingerprint density at radius 3 is 2.49 bits per heavy atom. The molecule has 0 atom stereocenters. The van der Waals surface area contributed by atoms with Crippen LogP contribution in [0.5, 0.6) is 11.5 Å². The van der Waals surface area contributed by atoms with Crippen LogP contribution in [0.1, 0.15) is 13.8 Å². The van der Waals surface area contributed by atoms with Gasteiger partial charge in [-0.2, -0.15) is 15.0 Å². The molecule has 1 saturated heterocycles. The van der Waals surface area contributed by atoms with Gasteiger partial charge in [0, 0.05) is 30.9 Å². The summed E-state index contributed by atoms with van der Waals surface area (Å²) in [6, 6.07) is 15.7. The highest BCUT2D eigenvalue weighted by molar-refractivity contribution is 5.86. The van der Waals surface area contributed by atoms with Crippen LogP contribution in [-0.2, 0) is 4.74 Å². The number of benzene rings is 2. The number of hydrogen-bond donors (Lipinski definition) is 3. The highest BCUT2D eigenvalue weighted by Crippen LogP contribution is 2.27. The van der Waals surface area contributed by atoms with Gasteiger partial charge in [-0.1, -0.05) is 12.1 Å². The van der Waals surface area contributed by atoms with Crippen LogP contribution in [-0.4, -0.2) is 59.5 Å². The van der Waals surface area contributed by atoms with Crippen molar-refractivity contribution in [1.29, 1.82) is 0 Å². The lowest BCUT2D eigenvalue weighted by Crippen LogP contribution is -2.71. The van der Waals surface area contributed by atoms with Gasteiger partial charge in [0.2, 0.25) is 5.95 Å². The minimum Gasteiger partial charge on any atom is -0.494 e. The molecular formula is C25H30N7O3+. The number of aromatic amines is 1. The summed E-state index contributed by atoms with van der Waals surface area (Å²) in [7, 11) is 0. The predicted molar refractivity (Wildman–Crippen MR) is 134 cm³/mol. The van der Waals surface area contributed by atoms with Gasteiger partial charge in [0.05, 0.1) is 26.4 Å². The van der Waals surface area contributed by atoms with Crippen molar-refractivity contribution in [2.45, 2.75) is 13.8 Å². The van der Waals surface area contributed by atoms with E-state index in [0.29, 0.717) is 44.0 Å². The summed E-state index contributed by atoms with van der Waals surface area (Å²) in [5, 5.41) is 5.29. The van der Waals surface area contributed by atoms with Crippen LogP contribution in [0.25, 0.3) is 11.2 Å². The summed E-state index contributed by atoms with van der Waals surface area (Å²) >= 11 is 0. The number of hydrogen-bond acceptors (Lipinski definition) is 8. The average Bonchev–Trinajstić information content (AvgIpc) is 3.27. The van der Waals surface area contributed by atoms with Crippen molar-refractivity contribution in [3.05, 3.63) is 48.5 Å². The van der Waals surface area contributed by atoms with Crippen molar-refractivity contribution < 1.29 is 19.5 Å². The van der Waals surface area contributed by atoms with Crippen molar-refractivity contribution in [2.75, 3.05) is 49.7 Å². The van der Waals surface area contributed by atoms with Gasteiger partial charge in [-0.05, 0) is 38.1 Å². The van der Waals surface area contributed by atoms with Crippen molar-refractivity contribution >= 4 is 40.3 Å². The largest absolute Gasteiger partial charge is 0.494 e. The number of ether oxygens (including phenoxy) is 3. The van der Waals surface area contributed by atoms with E-state index in [4.69, 9.17) is 29.2 Å². The standard InChI is InChI=1S/C25H29N7O3/c1-3-34-19-9-5-7-17(15-19)26-24-28-21-22(29-24)30-25(31-23(21)32-11-13-33-14-12-32)27-18-8-6-10-20(16-18)35-4-2/h5-10,15-16H,3-4,11-14H2,1-2H3,(H3,26,27,28,29,30,31)/p+1. The van der Waals surface area contributed by atoms with E-state index in [9.17, 15) is 0 Å². The van der Waals surface area contributed by atoms with E-state index >= 15 is 0 Å². The van der Waals surface area contributed by atoms with Crippen LogP contribution in [0, 0.1) is 0 Å². The average molecular weight is 477 g/mol. The second kappa shape index (κ2) is 10.6. The topological polar surface area (TPSA) is 114 Å². The van der Waals surface area contributed by atoms with Crippen molar-refractivity contribution in [1.82, 2.24) is 19.9 Å². The monoisotopic (exact) mass is 476 g/mol. The molecule has 3 heterocycles. The van der Waals surface area contributed by atoms with Crippen LogP contribution in [0.3, 0.4) is 0 Å². The summed E-state index contributed by atoms with van der Waals surface area (Å²) in [6.07, 6.45) is 0. The minimum atomic E-state index is 0.476. The second-order valence-electron chi connectivity index (χ2n) is 8.03. The van der Waals surface area contributed by atoms with Gasteiger partial charge in [0.15, 0.2) is 11.5 Å². The molecule has 1 aliphatic heterocycles. The van der Waals surface area contributed by atoms with E-state index < -0.39 is 0 Å². The van der Waals surface area contributed by atoms with E-state index in [2.05, 4.69) is 15.2 Å². The first kappa shape index (κ1) is 22.9. The molecule has 182 valence electrons. The van der Waals surface area contributed by atoms with Gasteiger partial charge in [-0.25, -0.2) is 5.32 Å². The molecule has 0 bridgehead atoms. The second-order valence-corrected chi connectivity index (χ2v) is 8.03. The Labute approximate surface area is 203 Å². The lowest BCUT2D eigenvalue weighted by atomic mass is 10.3. The molecule has 1 fully saturated rings. The smallest absolute Gasteiger partial charge is 0.310 e. The third-order valence-electron chi connectivity index (χ3n) is 5.53. The molecule has 4 aromatic rings. The Balaban J connectivity index is 1.48. The van der Waals surface area contributed by atoms with E-state index in [1.165, 1.54) is 0 Å². The Kier molecular flexibility index (Phi) is 6.92. The van der Waals surface area contributed by atoms with Crippen LogP contribution in [0.2, 0.25) is 0 Å². The third-order valence-corrected chi connectivity index (χ3v) is 5.53. The molecule has 1 aliphatic rings. The maximum absolute atomic E-state index is 5.63. The molecule has 0 aliphatic carbocycles. The van der Waals surface area contributed by atoms with Crippen LogP contribution in [0.4, 0.5) is 29.1 Å². The molecule has 0 radical (unpaired) electrons. The Hall–Kier alpha value is -3.89. The first-order valence-corrected chi connectivity index (χ1v) is 11.9. The predicted octanol–water partition coefficient (Wildman–Crippen LogP) is 3.26. The number of morpholine rings is 1. The van der Waals surface area contributed by atoms with E-state index in [0.717, 1.165) is 47.3 Å². The third kappa shape index (κ3) is 5.44. The Morgan fingerprint density at radius 2 is 1.71 bits per heavy atom. The number of fused-ring (bicyclic) bond motifs is 1. The normalized spacial score (nSPS) is 13.7. The molecule has 10 heteroatoms.